The van der Waals surface area contributed by atoms with Crippen molar-refractivity contribution in [1.29, 1.82) is 0 Å². The summed E-state index contributed by atoms with van der Waals surface area (Å²) in [4.78, 5) is 3.10. The molecule has 2 N–H and O–H groups in total. The Hall–Kier alpha value is -0.760. The molecule has 0 radical (unpaired) electrons. The molecule has 0 aliphatic heterocycles. The Morgan fingerprint density at radius 1 is 1.60 bits per heavy atom. The molecule has 0 unspecified atom stereocenters. The summed E-state index contributed by atoms with van der Waals surface area (Å²) in [6.07, 6.45) is 1.86. The molecule has 0 bridgehead atoms. The summed E-state index contributed by atoms with van der Waals surface area (Å²) in [5.74, 6) is 0.470. The van der Waals surface area contributed by atoms with Crippen molar-refractivity contribution < 1.29 is 5.11 Å². The van der Waals surface area contributed by atoms with Crippen molar-refractivity contribution in [2.24, 2.45) is 0 Å². The van der Waals surface area contributed by atoms with E-state index < -0.39 is 0 Å². The van der Waals surface area contributed by atoms with Crippen molar-refractivity contribution in [1.82, 2.24) is 4.98 Å². The Bertz CT molecular complexity index is 203. The van der Waals surface area contributed by atoms with E-state index in [9.17, 15) is 0 Å². The molecule has 0 aliphatic rings. The fraction of sp³-hybridized carbons (Fsp3) is 0.500. The summed E-state index contributed by atoms with van der Waals surface area (Å²) in [7, 11) is 0. The molecule has 2 nitrogen and oxygen atoms in total. The number of aromatic nitrogens is 1. The van der Waals surface area contributed by atoms with Crippen LogP contribution in [-0.2, 0) is 6.61 Å². The van der Waals surface area contributed by atoms with Gasteiger partial charge in [0.25, 0.3) is 0 Å². The molecule has 0 aromatic carbocycles. The van der Waals surface area contributed by atoms with Crippen LogP contribution in [0.4, 0.5) is 0 Å². The lowest BCUT2D eigenvalue weighted by Gasteiger charge is -2.03. The standard InChI is InChI=1S/C8H13NO/c1-6(2)8-7(5-10)3-4-9-8/h3-4,6,9-10H,5H2,1-2H3. The number of aliphatic hydroxyl groups is 1. The average molecular weight is 139 g/mol. The normalized spacial score (nSPS) is 10.8. The summed E-state index contributed by atoms with van der Waals surface area (Å²) < 4.78 is 0. The molecule has 1 rings (SSSR count). The molecule has 0 saturated carbocycles. The first kappa shape index (κ1) is 7.35. The van der Waals surface area contributed by atoms with Gasteiger partial charge in [-0.1, -0.05) is 13.8 Å². The van der Waals surface area contributed by atoms with Gasteiger partial charge in [-0.05, 0) is 17.5 Å². The third-order valence-corrected chi connectivity index (χ3v) is 1.62. The third-order valence-electron chi connectivity index (χ3n) is 1.62. The summed E-state index contributed by atoms with van der Waals surface area (Å²) in [6, 6.07) is 1.91. The van der Waals surface area contributed by atoms with Crippen molar-refractivity contribution >= 4 is 0 Å². The topological polar surface area (TPSA) is 36.0 Å². The van der Waals surface area contributed by atoms with E-state index in [1.807, 2.05) is 12.3 Å². The van der Waals surface area contributed by atoms with Crippen LogP contribution < -0.4 is 0 Å². The lowest BCUT2D eigenvalue weighted by molar-refractivity contribution is 0.280. The number of nitrogens with one attached hydrogen (secondary N) is 1. The van der Waals surface area contributed by atoms with Crippen molar-refractivity contribution in [2.75, 3.05) is 0 Å². The Morgan fingerprint density at radius 3 is 2.70 bits per heavy atom. The van der Waals surface area contributed by atoms with Gasteiger partial charge in [0.05, 0.1) is 6.61 Å². The van der Waals surface area contributed by atoms with E-state index in [0.717, 1.165) is 11.3 Å². The van der Waals surface area contributed by atoms with Gasteiger partial charge in [0.15, 0.2) is 0 Å². The van der Waals surface area contributed by atoms with Crippen molar-refractivity contribution in [3.63, 3.8) is 0 Å². The van der Waals surface area contributed by atoms with E-state index in [1.165, 1.54) is 0 Å². The van der Waals surface area contributed by atoms with Crippen LogP contribution in [0.3, 0.4) is 0 Å². The molecule has 1 aromatic heterocycles. The van der Waals surface area contributed by atoms with Crippen LogP contribution in [0.15, 0.2) is 12.3 Å². The van der Waals surface area contributed by atoms with Crippen molar-refractivity contribution in [3.05, 3.63) is 23.5 Å². The zero-order valence-electron chi connectivity index (χ0n) is 6.39. The van der Waals surface area contributed by atoms with E-state index in [2.05, 4.69) is 18.8 Å². The molecule has 2 heteroatoms. The van der Waals surface area contributed by atoms with Crippen LogP contribution in [0.5, 0.6) is 0 Å². The van der Waals surface area contributed by atoms with E-state index in [0.29, 0.717) is 5.92 Å². The quantitative estimate of drug-likeness (QED) is 0.641. The molecule has 0 fully saturated rings. The Kier molecular flexibility index (Phi) is 2.12. The van der Waals surface area contributed by atoms with Gasteiger partial charge in [-0.2, -0.15) is 0 Å². The molecular weight excluding hydrogens is 126 g/mol. The number of rotatable bonds is 2. The summed E-state index contributed by atoms with van der Waals surface area (Å²) >= 11 is 0. The highest BCUT2D eigenvalue weighted by atomic mass is 16.3. The highest BCUT2D eigenvalue weighted by molar-refractivity contribution is 5.22. The minimum Gasteiger partial charge on any atom is -0.392 e. The molecule has 56 valence electrons. The number of aromatic amines is 1. The first-order chi connectivity index (χ1) is 4.75. The minimum absolute atomic E-state index is 0.136. The minimum atomic E-state index is 0.136. The second-order valence-electron chi connectivity index (χ2n) is 2.73. The number of aliphatic hydroxyl groups excluding tert-OH is 1. The van der Waals surface area contributed by atoms with Gasteiger partial charge in [-0.15, -0.1) is 0 Å². The first-order valence-electron chi connectivity index (χ1n) is 3.52. The maximum atomic E-state index is 8.84. The van der Waals surface area contributed by atoms with Crippen LogP contribution in [-0.4, -0.2) is 10.1 Å². The highest BCUT2D eigenvalue weighted by Crippen LogP contribution is 2.16. The fourth-order valence-electron chi connectivity index (χ4n) is 1.09. The molecule has 10 heavy (non-hydrogen) atoms. The maximum Gasteiger partial charge on any atom is 0.0699 e. The van der Waals surface area contributed by atoms with Gasteiger partial charge in [0, 0.05) is 11.9 Å². The molecule has 1 heterocycles. The third kappa shape index (κ3) is 1.21. The largest absolute Gasteiger partial charge is 0.392 e. The predicted molar refractivity (Wildman–Crippen MR) is 40.8 cm³/mol. The zero-order valence-corrected chi connectivity index (χ0v) is 6.39. The number of H-pyrrole nitrogens is 1. The molecule has 0 atom stereocenters. The highest BCUT2D eigenvalue weighted by Gasteiger charge is 2.04. The Morgan fingerprint density at radius 2 is 2.30 bits per heavy atom. The van der Waals surface area contributed by atoms with Gasteiger partial charge in [0.2, 0.25) is 0 Å². The van der Waals surface area contributed by atoms with Crippen LogP contribution in [0, 0.1) is 0 Å². The van der Waals surface area contributed by atoms with Gasteiger partial charge in [-0.3, -0.25) is 0 Å². The molecule has 1 aromatic rings. The van der Waals surface area contributed by atoms with E-state index in [4.69, 9.17) is 5.11 Å². The van der Waals surface area contributed by atoms with Crippen molar-refractivity contribution in [2.45, 2.75) is 26.4 Å². The lowest BCUT2D eigenvalue weighted by atomic mass is 10.1. The monoisotopic (exact) mass is 139 g/mol. The van der Waals surface area contributed by atoms with E-state index in [-0.39, 0.29) is 6.61 Å². The lowest BCUT2D eigenvalue weighted by Crippen LogP contribution is -1.92. The van der Waals surface area contributed by atoms with Crippen molar-refractivity contribution in [3.8, 4) is 0 Å². The van der Waals surface area contributed by atoms with E-state index in [1.54, 1.807) is 0 Å². The Balaban J connectivity index is 2.90. The SMILES string of the molecule is CC(C)c1[nH]ccc1CO. The fourth-order valence-corrected chi connectivity index (χ4v) is 1.09. The zero-order chi connectivity index (χ0) is 7.56. The average Bonchev–Trinajstić information content (AvgIpc) is 2.33. The molecule has 0 aliphatic carbocycles. The molecular formula is C8H13NO. The van der Waals surface area contributed by atoms with Gasteiger partial charge in [-0.25, -0.2) is 0 Å². The first-order valence-corrected chi connectivity index (χ1v) is 3.52. The number of hydrogen-bond donors (Lipinski definition) is 2. The smallest absolute Gasteiger partial charge is 0.0699 e. The van der Waals surface area contributed by atoms with Gasteiger partial charge >= 0.3 is 0 Å². The molecule has 0 amide bonds. The summed E-state index contributed by atoms with van der Waals surface area (Å²) in [6.45, 7) is 4.34. The summed E-state index contributed by atoms with van der Waals surface area (Å²) in [5, 5.41) is 8.84. The van der Waals surface area contributed by atoms with Crippen LogP contribution in [0.2, 0.25) is 0 Å². The van der Waals surface area contributed by atoms with Gasteiger partial charge in [0.1, 0.15) is 0 Å². The predicted octanol–water partition coefficient (Wildman–Crippen LogP) is 1.63. The van der Waals surface area contributed by atoms with Gasteiger partial charge < -0.3 is 10.1 Å². The van der Waals surface area contributed by atoms with Crippen LogP contribution >= 0.6 is 0 Å². The second-order valence-corrected chi connectivity index (χ2v) is 2.73. The number of hydrogen-bond acceptors (Lipinski definition) is 1. The maximum absolute atomic E-state index is 8.84. The Labute approximate surface area is 60.9 Å². The molecule has 0 saturated heterocycles. The van der Waals surface area contributed by atoms with E-state index >= 15 is 0 Å². The van der Waals surface area contributed by atoms with Crippen LogP contribution in [0.25, 0.3) is 0 Å². The van der Waals surface area contributed by atoms with Crippen LogP contribution in [0.1, 0.15) is 31.0 Å². The summed E-state index contributed by atoms with van der Waals surface area (Å²) in [5.41, 5.74) is 2.15. The second kappa shape index (κ2) is 2.88. The molecule has 0 spiro atoms.